The highest BCUT2D eigenvalue weighted by Crippen LogP contribution is 2.19. The minimum atomic E-state index is 0.695. The molecule has 102 valence electrons. The second-order valence-corrected chi connectivity index (χ2v) is 4.80. The molecule has 0 saturated carbocycles. The van der Waals surface area contributed by atoms with Gasteiger partial charge in [0.2, 0.25) is 0 Å². The van der Waals surface area contributed by atoms with Gasteiger partial charge in [-0.05, 0) is 19.2 Å². The number of aromatic nitrogens is 1. The molecule has 2 aromatic heterocycles. The zero-order valence-electron chi connectivity index (χ0n) is 11.3. The largest absolute Gasteiger partial charge is 0.468 e. The molecule has 4 heteroatoms. The molecule has 0 N–H and O–H groups in total. The van der Waals surface area contributed by atoms with Crippen molar-refractivity contribution in [3.63, 3.8) is 0 Å². The van der Waals surface area contributed by atoms with Crippen LogP contribution in [-0.2, 0) is 13.1 Å². The maximum Gasteiger partial charge on any atom is 0.151 e. The summed E-state index contributed by atoms with van der Waals surface area (Å²) in [5.41, 5.74) is 1.93. The van der Waals surface area contributed by atoms with Gasteiger partial charge in [-0.1, -0.05) is 35.5 Å². The van der Waals surface area contributed by atoms with E-state index in [1.807, 2.05) is 55.6 Å². The highest BCUT2D eigenvalue weighted by Gasteiger charge is 2.09. The van der Waals surface area contributed by atoms with Gasteiger partial charge >= 0.3 is 0 Å². The third kappa shape index (κ3) is 2.97. The van der Waals surface area contributed by atoms with E-state index >= 15 is 0 Å². The van der Waals surface area contributed by atoms with Crippen molar-refractivity contribution in [1.29, 1.82) is 0 Å². The number of hydrogen-bond acceptors (Lipinski definition) is 4. The highest BCUT2D eigenvalue weighted by molar-refractivity contribution is 5.58. The van der Waals surface area contributed by atoms with Crippen LogP contribution in [0.1, 0.15) is 11.5 Å². The normalized spacial score (nSPS) is 11.1. The summed E-state index contributed by atoms with van der Waals surface area (Å²) in [5, 5.41) is 4.11. The van der Waals surface area contributed by atoms with Crippen molar-refractivity contribution in [3.05, 3.63) is 66.3 Å². The molecule has 2 heterocycles. The van der Waals surface area contributed by atoms with E-state index in [4.69, 9.17) is 8.94 Å². The van der Waals surface area contributed by atoms with Crippen LogP contribution in [0.3, 0.4) is 0 Å². The second-order valence-electron chi connectivity index (χ2n) is 4.80. The summed E-state index contributed by atoms with van der Waals surface area (Å²) in [5.74, 6) is 1.79. The van der Waals surface area contributed by atoms with E-state index in [9.17, 15) is 0 Å². The molecule has 4 nitrogen and oxygen atoms in total. The Morgan fingerprint density at radius 2 is 1.80 bits per heavy atom. The summed E-state index contributed by atoms with van der Waals surface area (Å²) in [6.45, 7) is 1.44. The Kier molecular flexibility index (Phi) is 3.65. The standard InChI is InChI=1S/C16H16N2O2/c1-18(11-14-8-5-9-19-14)12-15-10-16(17-20-15)13-6-3-2-4-7-13/h2-10H,11-12H2,1H3. The molecule has 20 heavy (non-hydrogen) atoms. The Labute approximate surface area is 117 Å². The lowest BCUT2D eigenvalue weighted by molar-refractivity contribution is 0.249. The summed E-state index contributed by atoms with van der Waals surface area (Å²) in [6, 6.07) is 15.9. The number of nitrogens with zero attached hydrogens (tertiary/aromatic N) is 2. The molecule has 0 saturated heterocycles. The minimum Gasteiger partial charge on any atom is -0.468 e. The molecule has 0 amide bonds. The van der Waals surface area contributed by atoms with Crippen molar-refractivity contribution in [3.8, 4) is 11.3 Å². The van der Waals surface area contributed by atoms with Gasteiger partial charge in [-0.15, -0.1) is 0 Å². The Morgan fingerprint density at radius 1 is 1.00 bits per heavy atom. The first-order valence-electron chi connectivity index (χ1n) is 6.53. The zero-order valence-corrected chi connectivity index (χ0v) is 11.3. The first-order chi connectivity index (χ1) is 9.81. The van der Waals surface area contributed by atoms with Gasteiger partial charge in [0.1, 0.15) is 11.5 Å². The first-order valence-corrected chi connectivity index (χ1v) is 6.53. The van der Waals surface area contributed by atoms with Gasteiger partial charge in [0, 0.05) is 11.6 Å². The SMILES string of the molecule is CN(Cc1ccco1)Cc1cc(-c2ccccc2)no1. The van der Waals surface area contributed by atoms with Crippen LogP contribution in [0.25, 0.3) is 11.3 Å². The first kappa shape index (κ1) is 12.7. The fourth-order valence-corrected chi connectivity index (χ4v) is 2.12. The fourth-order valence-electron chi connectivity index (χ4n) is 2.12. The van der Waals surface area contributed by atoms with Crippen LogP contribution in [0.5, 0.6) is 0 Å². The molecule has 0 aliphatic heterocycles. The van der Waals surface area contributed by atoms with E-state index in [-0.39, 0.29) is 0 Å². The van der Waals surface area contributed by atoms with Gasteiger partial charge < -0.3 is 8.94 Å². The monoisotopic (exact) mass is 268 g/mol. The van der Waals surface area contributed by atoms with E-state index in [1.165, 1.54) is 0 Å². The average Bonchev–Trinajstić information content (AvgIpc) is 3.11. The predicted octanol–water partition coefficient (Wildman–Crippen LogP) is 3.57. The Balaban J connectivity index is 1.65. The quantitative estimate of drug-likeness (QED) is 0.709. The molecule has 0 radical (unpaired) electrons. The molecule has 0 unspecified atom stereocenters. The van der Waals surface area contributed by atoms with E-state index in [2.05, 4.69) is 10.1 Å². The topological polar surface area (TPSA) is 42.4 Å². The van der Waals surface area contributed by atoms with Crippen molar-refractivity contribution < 1.29 is 8.94 Å². The molecule has 3 aromatic rings. The molecule has 0 aliphatic carbocycles. The second kappa shape index (κ2) is 5.75. The third-order valence-corrected chi connectivity index (χ3v) is 3.06. The predicted molar refractivity (Wildman–Crippen MR) is 75.8 cm³/mol. The summed E-state index contributed by atoms with van der Waals surface area (Å²) in [4.78, 5) is 2.12. The van der Waals surface area contributed by atoms with Crippen molar-refractivity contribution in [2.24, 2.45) is 0 Å². The zero-order chi connectivity index (χ0) is 13.8. The van der Waals surface area contributed by atoms with E-state index in [0.717, 1.165) is 29.3 Å². The number of benzene rings is 1. The summed E-state index contributed by atoms with van der Waals surface area (Å²) in [7, 11) is 2.02. The van der Waals surface area contributed by atoms with Gasteiger partial charge in [-0.3, -0.25) is 4.90 Å². The Hall–Kier alpha value is -2.33. The van der Waals surface area contributed by atoms with E-state index < -0.39 is 0 Å². The van der Waals surface area contributed by atoms with Gasteiger partial charge in [0.15, 0.2) is 5.76 Å². The van der Waals surface area contributed by atoms with Crippen LogP contribution in [0.4, 0.5) is 0 Å². The van der Waals surface area contributed by atoms with Gasteiger partial charge in [-0.25, -0.2) is 0 Å². The lowest BCUT2D eigenvalue weighted by atomic mass is 10.1. The van der Waals surface area contributed by atoms with Crippen LogP contribution in [0.2, 0.25) is 0 Å². The Morgan fingerprint density at radius 3 is 2.55 bits per heavy atom. The lowest BCUT2D eigenvalue weighted by Gasteiger charge is -2.12. The van der Waals surface area contributed by atoms with Gasteiger partial charge in [-0.2, -0.15) is 0 Å². The van der Waals surface area contributed by atoms with Crippen LogP contribution in [0, 0.1) is 0 Å². The molecule has 0 spiro atoms. The number of rotatable bonds is 5. The lowest BCUT2D eigenvalue weighted by Crippen LogP contribution is -2.16. The maximum atomic E-state index is 5.39. The summed E-state index contributed by atoms with van der Waals surface area (Å²) in [6.07, 6.45) is 1.69. The van der Waals surface area contributed by atoms with Gasteiger partial charge in [0.05, 0.1) is 19.4 Å². The van der Waals surface area contributed by atoms with Crippen molar-refractivity contribution >= 4 is 0 Å². The van der Waals surface area contributed by atoms with Crippen LogP contribution in [-0.4, -0.2) is 17.1 Å². The average molecular weight is 268 g/mol. The van der Waals surface area contributed by atoms with Crippen LogP contribution < -0.4 is 0 Å². The summed E-state index contributed by atoms with van der Waals surface area (Å²) >= 11 is 0. The molecule has 0 fully saturated rings. The Bertz CT molecular complexity index is 644. The fraction of sp³-hybridized carbons (Fsp3) is 0.188. The molecular weight excluding hydrogens is 252 g/mol. The molecular formula is C16H16N2O2. The molecule has 3 rings (SSSR count). The van der Waals surface area contributed by atoms with Crippen LogP contribution >= 0.6 is 0 Å². The van der Waals surface area contributed by atoms with Gasteiger partial charge in [0.25, 0.3) is 0 Å². The van der Waals surface area contributed by atoms with Crippen LogP contribution in [0.15, 0.2) is 63.7 Å². The van der Waals surface area contributed by atoms with Crippen molar-refractivity contribution in [2.75, 3.05) is 7.05 Å². The molecule has 0 atom stereocenters. The molecule has 0 bridgehead atoms. The van der Waals surface area contributed by atoms with E-state index in [0.29, 0.717) is 6.54 Å². The number of furan rings is 1. The molecule has 1 aromatic carbocycles. The highest BCUT2D eigenvalue weighted by atomic mass is 16.5. The molecule has 0 aliphatic rings. The summed E-state index contributed by atoms with van der Waals surface area (Å²) < 4.78 is 10.7. The van der Waals surface area contributed by atoms with Crippen molar-refractivity contribution in [2.45, 2.75) is 13.1 Å². The van der Waals surface area contributed by atoms with E-state index in [1.54, 1.807) is 6.26 Å². The minimum absolute atomic E-state index is 0.695. The third-order valence-electron chi connectivity index (χ3n) is 3.06. The van der Waals surface area contributed by atoms with Crippen molar-refractivity contribution in [1.82, 2.24) is 10.1 Å². The maximum absolute atomic E-state index is 5.39. The smallest absolute Gasteiger partial charge is 0.151 e. The number of hydrogen-bond donors (Lipinski definition) is 0.